The highest BCUT2D eigenvalue weighted by Gasteiger charge is 2.64. The van der Waals surface area contributed by atoms with Crippen molar-refractivity contribution < 1.29 is 67.4 Å². The number of aliphatic carboxylic acids is 1. The number of hydrogen-bond acceptors (Lipinski definition) is 16. The van der Waals surface area contributed by atoms with Crippen LogP contribution >= 0.6 is 11.8 Å². The molecular weight excluding hydrogens is 1150 g/mol. The topological polar surface area (TPSA) is 309 Å². The van der Waals surface area contributed by atoms with Crippen LogP contribution in [-0.4, -0.2) is 209 Å². The molecule has 3 saturated heterocycles. The average Bonchev–Trinajstić information content (AvgIpc) is 1.63. The van der Waals surface area contributed by atoms with E-state index in [4.69, 9.17) is 25.2 Å². The number of nitrogens with two attached hydrogens (primary N) is 1. The molecule has 3 aliphatic heterocycles. The van der Waals surface area contributed by atoms with Crippen LogP contribution in [0.15, 0.2) is 30.3 Å². The van der Waals surface area contributed by atoms with E-state index in [-0.39, 0.29) is 115 Å². The molecular formula is C63H102N10O14S. The van der Waals surface area contributed by atoms with Crippen LogP contribution in [-0.2, 0) is 62.3 Å². The Hall–Kier alpha value is -5.73. The standard InChI is InChI=1S/C63H102N10O14S/c1-12-41(6)55(47(85-10)35-51(76)71-32-24-27-46(71)56(86-11)42(7)57(78)66-63(62(84)73-33-22-23-34-87-73)37-44(63)43-25-16-13-17-26-43)70(9)60(81)53(39(2)3)65-58(79)54(40(4)5)69(8)30-20-14-18-28-49(74)67-68-50(75)29-19-15-21-31-72-52(77)36-48(59(72)80)88-38-45(64)61(82)83/h13,16-17,25-26,39-42,44-48,53-56H,12,14-15,18-24,27-38,64H2,1-11H3,(H,65,79)(H,66,78)(H,67,74)(H,68,75)(H,82,83)/t41-,42+,44+,45-,46-,47+,48?,53-,54-,55-,56+,63-/m0/s1. The van der Waals surface area contributed by atoms with E-state index < -0.39 is 65.1 Å². The van der Waals surface area contributed by atoms with Gasteiger partial charge in [-0.3, -0.25) is 73.4 Å². The van der Waals surface area contributed by atoms with Crippen molar-refractivity contribution in [3.63, 3.8) is 0 Å². The molecule has 7 N–H and O–H groups in total. The minimum atomic E-state index is -1.18. The Kier molecular flexibility index (Phi) is 29.1. The van der Waals surface area contributed by atoms with Gasteiger partial charge in [0.15, 0.2) is 0 Å². The zero-order chi connectivity index (χ0) is 65.0. The van der Waals surface area contributed by atoms with Crippen molar-refractivity contribution in [3.8, 4) is 0 Å². The van der Waals surface area contributed by atoms with E-state index in [1.54, 1.807) is 23.8 Å². The highest BCUT2D eigenvalue weighted by molar-refractivity contribution is 8.00. The first-order chi connectivity index (χ1) is 41.8. The second-order valence-electron chi connectivity index (χ2n) is 25.1. The fourth-order valence-corrected chi connectivity index (χ4v) is 13.8. The van der Waals surface area contributed by atoms with Crippen LogP contribution in [0.4, 0.5) is 0 Å². The van der Waals surface area contributed by atoms with Crippen molar-refractivity contribution in [1.82, 2.24) is 46.1 Å². The van der Waals surface area contributed by atoms with Gasteiger partial charge >= 0.3 is 5.97 Å². The molecule has 1 aromatic carbocycles. The molecule has 3 heterocycles. The number of hydrazine groups is 1. The molecule has 1 unspecified atom stereocenters. The number of likely N-dealkylation sites (tertiary alicyclic amines) is 2. The minimum absolute atomic E-state index is 0.00533. The highest BCUT2D eigenvalue weighted by atomic mass is 32.2. The summed E-state index contributed by atoms with van der Waals surface area (Å²) in [5, 5.41) is 16.0. The Balaban J connectivity index is 1.09. The van der Waals surface area contributed by atoms with Gasteiger partial charge in [0, 0.05) is 71.8 Å². The molecule has 0 spiro atoms. The predicted molar refractivity (Wildman–Crippen MR) is 332 cm³/mol. The monoisotopic (exact) mass is 1250 g/mol. The lowest BCUT2D eigenvalue weighted by Crippen LogP contribution is -2.60. The SMILES string of the molecule is CC[C@H](C)[C@@H]([C@@H](CC(=O)N1CCC[C@H]1[C@H](OC)[C@@H](C)C(=O)N[C@@]1(C(=O)N2CCCCO2)C[C@@H]1c1ccccc1)OC)N(C)C(=O)[C@@H](NC(=O)[C@H](C(C)C)N(C)CCCCCC(=O)NNC(=O)CCCCCN1C(=O)CC(SC[C@H](N)C(=O)O)C1=O)C(C)C. The number of hydrogen-bond donors (Lipinski definition) is 6. The Labute approximate surface area is 524 Å². The van der Waals surface area contributed by atoms with Crippen LogP contribution in [0.2, 0.25) is 0 Å². The van der Waals surface area contributed by atoms with E-state index in [1.165, 1.54) is 24.2 Å². The average molecular weight is 1260 g/mol. The summed E-state index contributed by atoms with van der Waals surface area (Å²) in [6, 6.07) is 6.06. The third-order valence-corrected chi connectivity index (χ3v) is 19.3. The lowest BCUT2D eigenvalue weighted by molar-refractivity contribution is -0.200. The number of rotatable bonds is 36. The van der Waals surface area contributed by atoms with Gasteiger partial charge in [0.25, 0.3) is 5.91 Å². The maximum atomic E-state index is 14.8. The van der Waals surface area contributed by atoms with Crippen LogP contribution in [0.1, 0.15) is 163 Å². The van der Waals surface area contributed by atoms with Crippen LogP contribution in [0.5, 0.6) is 0 Å². The molecule has 9 amide bonds. The number of carbonyl (C=O) groups excluding carboxylic acids is 9. The van der Waals surface area contributed by atoms with E-state index in [2.05, 4.69) is 21.5 Å². The first-order valence-corrected chi connectivity index (χ1v) is 32.8. The number of imide groups is 1. The highest BCUT2D eigenvalue weighted by Crippen LogP contribution is 2.53. The van der Waals surface area contributed by atoms with Crippen molar-refractivity contribution in [2.75, 3.05) is 66.9 Å². The van der Waals surface area contributed by atoms with Crippen molar-refractivity contribution in [1.29, 1.82) is 0 Å². The normalized spacial score (nSPS) is 22.2. The molecule has 4 aliphatic rings. The van der Waals surface area contributed by atoms with Crippen LogP contribution in [0.3, 0.4) is 0 Å². The maximum absolute atomic E-state index is 14.8. The number of nitrogens with zero attached hydrogens (tertiary/aromatic N) is 5. The fraction of sp³-hybridized carbons (Fsp3) is 0.746. The van der Waals surface area contributed by atoms with Gasteiger partial charge in [-0.15, -0.1) is 11.8 Å². The lowest BCUT2D eigenvalue weighted by atomic mass is 9.89. The quantitative estimate of drug-likeness (QED) is 0.0312. The van der Waals surface area contributed by atoms with Gasteiger partial charge in [0.1, 0.15) is 17.6 Å². The molecule has 25 heteroatoms. The maximum Gasteiger partial charge on any atom is 0.321 e. The number of carboxylic acid groups (broad SMARTS) is 1. The molecule has 1 saturated carbocycles. The molecule has 12 atom stereocenters. The number of carbonyl (C=O) groups is 10. The number of thioether (sulfide) groups is 1. The van der Waals surface area contributed by atoms with Gasteiger partial charge in [-0.05, 0) is 94.7 Å². The van der Waals surface area contributed by atoms with Crippen LogP contribution in [0, 0.1) is 23.7 Å². The van der Waals surface area contributed by atoms with Gasteiger partial charge in [-0.2, -0.15) is 0 Å². The van der Waals surface area contributed by atoms with Gasteiger partial charge in [-0.25, -0.2) is 5.06 Å². The summed E-state index contributed by atoms with van der Waals surface area (Å²) in [4.78, 5) is 146. The molecule has 4 fully saturated rings. The van der Waals surface area contributed by atoms with E-state index in [0.717, 1.165) is 30.2 Å². The second-order valence-corrected chi connectivity index (χ2v) is 26.4. The molecule has 1 aromatic rings. The number of benzene rings is 1. The van der Waals surface area contributed by atoms with Gasteiger partial charge in [0.2, 0.25) is 47.3 Å². The number of ether oxygens (including phenoxy) is 2. The number of hydroxylamine groups is 2. The van der Waals surface area contributed by atoms with E-state index in [1.807, 2.05) is 83.8 Å². The molecule has 24 nitrogen and oxygen atoms in total. The predicted octanol–water partition coefficient (Wildman–Crippen LogP) is 4.14. The van der Waals surface area contributed by atoms with E-state index in [9.17, 15) is 47.9 Å². The Morgan fingerprint density at radius 1 is 0.841 bits per heavy atom. The summed E-state index contributed by atoms with van der Waals surface area (Å²) in [5.74, 6) is -5.50. The first kappa shape index (κ1) is 73.0. The summed E-state index contributed by atoms with van der Waals surface area (Å²) in [6.45, 7) is 15.5. The van der Waals surface area contributed by atoms with Gasteiger partial charge in [0.05, 0.1) is 54.5 Å². The Bertz CT molecular complexity index is 2520. The van der Waals surface area contributed by atoms with Crippen molar-refractivity contribution >= 4 is 70.9 Å². The largest absolute Gasteiger partial charge is 0.480 e. The van der Waals surface area contributed by atoms with Crippen molar-refractivity contribution in [2.24, 2.45) is 29.4 Å². The van der Waals surface area contributed by atoms with Crippen molar-refractivity contribution in [2.45, 2.75) is 210 Å². The fourth-order valence-electron chi connectivity index (χ4n) is 12.6. The van der Waals surface area contributed by atoms with E-state index in [0.29, 0.717) is 90.4 Å². The van der Waals surface area contributed by atoms with Gasteiger partial charge < -0.3 is 40.7 Å². The Morgan fingerprint density at radius 3 is 2.08 bits per heavy atom. The summed E-state index contributed by atoms with van der Waals surface area (Å²) >= 11 is 1.06. The number of nitrogens with one attached hydrogen (secondary N) is 4. The summed E-state index contributed by atoms with van der Waals surface area (Å²) in [7, 11) is 6.64. The number of carboxylic acids is 1. The zero-order valence-electron chi connectivity index (χ0n) is 53.9. The first-order valence-electron chi connectivity index (χ1n) is 31.8. The number of amides is 9. The molecule has 494 valence electrons. The summed E-state index contributed by atoms with van der Waals surface area (Å²) in [6.07, 6.45) is 6.26. The third kappa shape index (κ3) is 19.6. The molecule has 0 aromatic heterocycles. The smallest absolute Gasteiger partial charge is 0.321 e. The molecule has 88 heavy (non-hydrogen) atoms. The number of methoxy groups -OCH3 is 2. The van der Waals surface area contributed by atoms with Crippen molar-refractivity contribution in [3.05, 3.63) is 35.9 Å². The third-order valence-electron chi connectivity index (χ3n) is 18.0. The molecule has 0 radical (unpaired) electrons. The Morgan fingerprint density at radius 2 is 1.50 bits per heavy atom. The summed E-state index contributed by atoms with van der Waals surface area (Å²) < 4.78 is 12.2. The lowest BCUT2D eigenvalue weighted by Gasteiger charge is -2.41. The molecule has 1 aliphatic carbocycles. The second kappa shape index (κ2) is 35.0. The van der Waals surface area contributed by atoms with Gasteiger partial charge in [-0.1, -0.05) is 98.1 Å². The zero-order valence-corrected chi connectivity index (χ0v) is 54.7. The molecule has 5 rings (SSSR count). The van der Waals surface area contributed by atoms with Crippen LogP contribution < -0.4 is 27.2 Å². The summed E-state index contributed by atoms with van der Waals surface area (Å²) in [5.41, 5.74) is 10.2. The number of unbranched alkanes of at least 4 members (excludes halogenated alkanes) is 4. The minimum Gasteiger partial charge on any atom is -0.480 e. The molecule has 0 bridgehead atoms. The van der Waals surface area contributed by atoms with Crippen LogP contribution in [0.25, 0.3) is 0 Å². The number of likely N-dealkylation sites (N-methyl/N-ethyl adjacent to an activating group) is 2. The van der Waals surface area contributed by atoms with E-state index >= 15 is 0 Å².